The van der Waals surface area contributed by atoms with E-state index in [0.29, 0.717) is 6.54 Å². The van der Waals surface area contributed by atoms with E-state index in [2.05, 4.69) is 46.8 Å². The smallest absolute Gasteiger partial charge is 0.191 e. The molecule has 6 nitrogen and oxygen atoms in total. The van der Waals surface area contributed by atoms with Gasteiger partial charge in [0.05, 0.1) is 24.8 Å². The van der Waals surface area contributed by atoms with E-state index in [1.54, 1.807) is 0 Å². The minimum atomic E-state index is 0.274. The van der Waals surface area contributed by atoms with Crippen LogP contribution in [0.5, 0.6) is 0 Å². The number of pyridine rings is 1. The van der Waals surface area contributed by atoms with Gasteiger partial charge in [-0.05, 0) is 31.4 Å². The maximum atomic E-state index is 5.79. The Kier molecular flexibility index (Phi) is 7.22. The number of ether oxygens (including phenoxy) is 2. The molecule has 0 spiro atoms. The van der Waals surface area contributed by atoms with Gasteiger partial charge >= 0.3 is 0 Å². The number of para-hydroxylation sites is 1. The van der Waals surface area contributed by atoms with Crippen LogP contribution < -0.4 is 10.6 Å². The van der Waals surface area contributed by atoms with Gasteiger partial charge in [0, 0.05) is 37.9 Å². The van der Waals surface area contributed by atoms with Crippen LogP contribution in [-0.4, -0.2) is 50.0 Å². The van der Waals surface area contributed by atoms with Gasteiger partial charge in [0.1, 0.15) is 0 Å². The van der Waals surface area contributed by atoms with Gasteiger partial charge in [-0.1, -0.05) is 24.3 Å². The predicted molar refractivity (Wildman–Crippen MR) is 104 cm³/mol. The molecule has 0 saturated carbocycles. The van der Waals surface area contributed by atoms with E-state index >= 15 is 0 Å². The first-order chi connectivity index (χ1) is 12.9. The number of aliphatic imine (C=N–C) groups is 1. The molecule has 0 radical (unpaired) electrons. The van der Waals surface area contributed by atoms with Crippen molar-refractivity contribution in [1.82, 2.24) is 15.6 Å². The molecule has 1 fully saturated rings. The van der Waals surface area contributed by atoms with Crippen molar-refractivity contribution in [1.29, 1.82) is 0 Å². The van der Waals surface area contributed by atoms with Gasteiger partial charge in [-0.15, -0.1) is 0 Å². The van der Waals surface area contributed by atoms with Crippen LogP contribution in [0.1, 0.15) is 25.3 Å². The van der Waals surface area contributed by atoms with E-state index in [1.807, 2.05) is 12.3 Å². The summed E-state index contributed by atoms with van der Waals surface area (Å²) in [5.41, 5.74) is 2.15. The predicted octanol–water partition coefficient (Wildman–Crippen LogP) is 2.49. The molecular formula is C20H28N4O2. The first kappa shape index (κ1) is 18.6. The van der Waals surface area contributed by atoms with Crippen molar-refractivity contribution in [2.45, 2.75) is 32.4 Å². The molecule has 26 heavy (non-hydrogen) atoms. The minimum absolute atomic E-state index is 0.274. The van der Waals surface area contributed by atoms with Crippen LogP contribution in [-0.2, 0) is 16.0 Å². The van der Waals surface area contributed by atoms with Crippen LogP contribution in [0.15, 0.2) is 41.5 Å². The quantitative estimate of drug-likeness (QED) is 0.432. The summed E-state index contributed by atoms with van der Waals surface area (Å²) in [4.78, 5) is 9.20. The molecule has 1 aliphatic rings. The Balaban J connectivity index is 1.49. The number of nitrogens with zero attached hydrogens (tertiary/aromatic N) is 2. The van der Waals surface area contributed by atoms with Gasteiger partial charge in [0.2, 0.25) is 0 Å². The average molecular weight is 356 g/mol. The van der Waals surface area contributed by atoms with E-state index < -0.39 is 0 Å². The summed E-state index contributed by atoms with van der Waals surface area (Å²) in [5.74, 6) is 0.824. The summed E-state index contributed by atoms with van der Waals surface area (Å²) in [6, 6.07) is 10.3. The number of aromatic nitrogens is 1. The third-order valence-electron chi connectivity index (χ3n) is 4.32. The highest BCUT2D eigenvalue weighted by Gasteiger charge is 2.15. The van der Waals surface area contributed by atoms with Crippen molar-refractivity contribution in [2.75, 3.05) is 32.9 Å². The van der Waals surface area contributed by atoms with E-state index in [4.69, 9.17) is 14.5 Å². The third-order valence-corrected chi connectivity index (χ3v) is 4.32. The lowest BCUT2D eigenvalue weighted by atomic mass is 10.1. The number of hydrogen-bond donors (Lipinski definition) is 2. The monoisotopic (exact) mass is 356 g/mol. The van der Waals surface area contributed by atoms with Gasteiger partial charge in [-0.3, -0.25) is 4.98 Å². The molecule has 1 saturated heterocycles. The van der Waals surface area contributed by atoms with Gasteiger partial charge in [0.25, 0.3) is 0 Å². The maximum Gasteiger partial charge on any atom is 0.191 e. The zero-order chi connectivity index (χ0) is 18.0. The van der Waals surface area contributed by atoms with E-state index in [-0.39, 0.29) is 6.10 Å². The van der Waals surface area contributed by atoms with Crippen molar-refractivity contribution < 1.29 is 9.47 Å². The van der Waals surface area contributed by atoms with Gasteiger partial charge in [0.15, 0.2) is 5.96 Å². The molecule has 140 valence electrons. The Labute approximate surface area is 155 Å². The first-order valence-electron chi connectivity index (χ1n) is 9.41. The second-order valence-corrected chi connectivity index (χ2v) is 6.32. The van der Waals surface area contributed by atoms with Crippen LogP contribution in [0.2, 0.25) is 0 Å². The average Bonchev–Trinajstić information content (AvgIpc) is 3.19. The maximum absolute atomic E-state index is 5.79. The van der Waals surface area contributed by atoms with Crippen LogP contribution in [0, 0.1) is 0 Å². The molecule has 1 aliphatic heterocycles. The summed E-state index contributed by atoms with van der Waals surface area (Å²) in [7, 11) is 0. The number of guanidine groups is 1. The van der Waals surface area contributed by atoms with Crippen molar-refractivity contribution in [2.24, 2.45) is 4.99 Å². The Hall–Kier alpha value is -2.18. The second kappa shape index (κ2) is 10.1. The van der Waals surface area contributed by atoms with Crippen molar-refractivity contribution in [3.05, 3.63) is 42.1 Å². The first-order valence-corrected chi connectivity index (χ1v) is 9.41. The SMILES string of the molecule is CCNC(=NCc1cccc2cccnc12)NCCCOC1CCOC1. The summed E-state index contributed by atoms with van der Waals surface area (Å²) >= 11 is 0. The lowest BCUT2D eigenvalue weighted by Gasteiger charge is -2.13. The molecule has 0 aliphatic carbocycles. The molecule has 1 atom stereocenters. The zero-order valence-corrected chi connectivity index (χ0v) is 15.4. The van der Waals surface area contributed by atoms with Crippen molar-refractivity contribution in [3.63, 3.8) is 0 Å². The highest BCUT2D eigenvalue weighted by atomic mass is 16.5. The van der Waals surface area contributed by atoms with Gasteiger partial charge in [-0.25, -0.2) is 4.99 Å². The number of rotatable bonds is 8. The fraction of sp³-hybridized carbons (Fsp3) is 0.500. The van der Waals surface area contributed by atoms with Crippen molar-refractivity contribution in [3.8, 4) is 0 Å². The number of benzene rings is 1. The highest BCUT2D eigenvalue weighted by Crippen LogP contribution is 2.16. The van der Waals surface area contributed by atoms with Gasteiger partial charge in [-0.2, -0.15) is 0 Å². The molecular weight excluding hydrogens is 328 g/mol. The largest absolute Gasteiger partial charge is 0.379 e. The van der Waals surface area contributed by atoms with Crippen LogP contribution in [0.25, 0.3) is 10.9 Å². The van der Waals surface area contributed by atoms with E-state index in [0.717, 1.165) is 68.2 Å². The van der Waals surface area contributed by atoms with Crippen molar-refractivity contribution >= 4 is 16.9 Å². The fourth-order valence-electron chi connectivity index (χ4n) is 2.97. The minimum Gasteiger partial charge on any atom is -0.379 e. The standard InChI is InChI=1S/C20H28N4O2/c1-2-21-20(23-11-5-12-26-18-9-13-25-15-18)24-14-17-7-3-6-16-8-4-10-22-19(16)17/h3-4,6-8,10,18H,2,5,9,11-15H2,1H3,(H2,21,23,24). The summed E-state index contributed by atoms with van der Waals surface area (Å²) in [6.07, 6.45) is 4.05. The summed E-state index contributed by atoms with van der Waals surface area (Å²) in [5, 5.41) is 7.81. The summed E-state index contributed by atoms with van der Waals surface area (Å²) < 4.78 is 11.1. The fourth-order valence-corrected chi connectivity index (χ4v) is 2.97. The van der Waals surface area contributed by atoms with E-state index in [1.165, 1.54) is 0 Å². The Morgan fingerprint density at radius 3 is 3.08 bits per heavy atom. The number of nitrogens with one attached hydrogen (secondary N) is 2. The molecule has 6 heteroatoms. The third kappa shape index (κ3) is 5.41. The molecule has 0 bridgehead atoms. The van der Waals surface area contributed by atoms with Gasteiger partial charge < -0.3 is 20.1 Å². The molecule has 2 N–H and O–H groups in total. The van der Waals surface area contributed by atoms with Crippen LogP contribution >= 0.6 is 0 Å². The molecule has 1 aromatic carbocycles. The summed E-state index contributed by atoms with van der Waals surface area (Å²) in [6.45, 7) is 6.62. The van der Waals surface area contributed by atoms with E-state index in [9.17, 15) is 0 Å². The highest BCUT2D eigenvalue weighted by molar-refractivity contribution is 5.83. The normalized spacial score (nSPS) is 17.6. The molecule has 0 amide bonds. The lowest BCUT2D eigenvalue weighted by molar-refractivity contribution is 0.0420. The van der Waals surface area contributed by atoms with Crippen LogP contribution in [0.4, 0.5) is 0 Å². The Bertz CT molecular complexity index is 709. The van der Waals surface area contributed by atoms with Crippen LogP contribution in [0.3, 0.4) is 0 Å². The Morgan fingerprint density at radius 1 is 1.31 bits per heavy atom. The number of fused-ring (bicyclic) bond motifs is 1. The zero-order valence-electron chi connectivity index (χ0n) is 15.4. The second-order valence-electron chi connectivity index (χ2n) is 6.32. The molecule has 2 aromatic rings. The Morgan fingerprint density at radius 2 is 2.23 bits per heavy atom. The lowest BCUT2D eigenvalue weighted by Crippen LogP contribution is -2.38. The topological polar surface area (TPSA) is 67.8 Å². The molecule has 1 unspecified atom stereocenters. The molecule has 1 aromatic heterocycles. The number of hydrogen-bond acceptors (Lipinski definition) is 4. The molecule has 2 heterocycles. The molecule has 3 rings (SSSR count).